The van der Waals surface area contributed by atoms with Crippen molar-refractivity contribution in [2.75, 3.05) is 26.9 Å². The Kier molecular flexibility index (Phi) is 4.50. The Bertz CT molecular complexity index is 636. The first-order chi connectivity index (χ1) is 9.38. The molecule has 1 aromatic heterocycles. The number of H-pyrrole nitrogens is 1. The van der Waals surface area contributed by atoms with Crippen LogP contribution in [0.1, 0.15) is 6.42 Å². The summed E-state index contributed by atoms with van der Waals surface area (Å²) in [4.78, 5) is 13.3. The van der Waals surface area contributed by atoms with E-state index in [0.29, 0.717) is 19.6 Å². The highest BCUT2D eigenvalue weighted by atomic mass is 35.5. The molecule has 20 heavy (non-hydrogen) atoms. The summed E-state index contributed by atoms with van der Waals surface area (Å²) in [5.74, 6) is 0. The number of methoxy groups -OCH3 is 1. The van der Waals surface area contributed by atoms with Gasteiger partial charge in [0.05, 0.1) is 11.5 Å². The van der Waals surface area contributed by atoms with Crippen molar-refractivity contribution in [3.63, 3.8) is 0 Å². The molecule has 2 heterocycles. The van der Waals surface area contributed by atoms with E-state index >= 15 is 0 Å². The van der Waals surface area contributed by atoms with Crippen LogP contribution < -0.4 is 10.3 Å². The largest absolute Gasteiger partial charge is 0.378 e. The van der Waals surface area contributed by atoms with Gasteiger partial charge in [0.2, 0.25) is 10.0 Å². The number of halogens is 1. The Morgan fingerprint density at radius 2 is 2.35 bits per heavy atom. The van der Waals surface area contributed by atoms with Crippen molar-refractivity contribution in [2.45, 2.75) is 16.9 Å². The Morgan fingerprint density at radius 1 is 1.60 bits per heavy atom. The van der Waals surface area contributed by atoms with Crippen molar-refractivity contribution in [3.8, 4) is 0 Å². The minimum Gasteiger partial charge on any atom is -0.378 e. The van der Waals surface area contributed by atoms with E-state index in [4.69, 9.17) is 21.1 Å². The molecule has 112 valence electrons. The van der Waals surface area contributed by atoms with Gasteiger partial charge in [-0.25, -0.2) is 13.1 Å². The molecule has 1 aliphatic heterocycles. The third kappa shape index (κ3) is 3.21. The molecule has 2 N–H and O–H groups in total. The minimum absolute atomic E-state index is 0.0859. The Hall–Kier alpha value is -0.930. The molecule has 7 nitrogen and oxygen atoms in total. The molecular weight excluding hydrogens is 308 g/mol. The lowest BCUT2D eigenvalue weighted by atomic mass is 10.0. The van der Waals surface area contributed by atoms with Gasteiger partial charge < -0.3 is 14.5 Å². The second-order valence-electron chi connectivity index (χ2n) is 4.53. The number of nitrogens with one attached hydrogen (secondary N) is 2. The first-order valence-electron chi connectivity index (χ1n) is 5.89. The van der Waals surface area contributed by atoms with Crippen molar-refractivity contribution in [3.05, 3.63) is 27.6 Å². The fourth-order valence-corrected chi connectivity index (χ4v) is 3.21. The predicted molar refractivity (Wildman–Crippen MR) is 72.4 cm³/mol. The van der Waals surface area contributed by atoms with Gasteiger partial charge >= 0.3 is 0 Å². The minimum atomic E-state index is -3.78. The fraction of sp³-hybridized carbons (Fsp3) is 0.545. The van der Waals surface area contributed by atoms with Gasteiger partial charge in [-0.05, 0) is 6.07 Å². The standard InChI is InChI=1S/C11H15ClN2O5S/c1-18-11(2-3-19-7-11)6-14-20(16,17)8-4-9(12)10(15)13-5-8/h4-5,14H,2-3,6-7H2,1H3,(H,13,15). The Morgan fingerprint density at radius 3 is 2.90 bits per heavy atom. The van der Waals surface area contributed by atoms with E-state index in [1.165, 1.54) is 7.11 Å². The lowest BCUT2D eigenvalue weighted by molar-refractivity contribution is -0.0120. The number of hydrogen-bond donors (Lipinski definition) is 2. The van der Waals surface area contributed by atoms with Gasteiger partial charge in [-0.1, -0.05) is 11.6 Å². The van der Waals surface area contributed by atoms with Crippen molar-refractivity contribution >= 4 is 21.6 Å². The molecule has 0 saturated carbocycles. The monoisotopic (exact) mass is 322 g/mol. The van der Waals surface area contributed by atoms with Crippen LogP contribution in [0.3, 0.4) is 0 Å². The van der Waals surface area contributed by atoms with E-state index in [2.05, 4.69) is 9.71 Å². The SMILES string of the molecule is COC1(CNS(=O)(=O)c2c[nH]c(=O)c(Cl)c2)CCOC1. The molecule has 0 aromatic carbocycles. The molecule has 1 aromatic rings. The summed E-state index contributed by atoms with van der Waals surface area (Å²) in [7, 11) is -2.26. The summed E-state index contributed by atoms with van der Waals surface area (Å²) in [6.45, 7) is 0.945. The summed E-state index contributed by atoms with van der Waals surface area (Å²) in [5, 5.41) is -0.182. The molecule has 9 heteroatoms. The number of sulfonamides is 1. The molecule has 1 aliphatic rings. The summed E-state index contributed by atoms with van der Waals surface area (Å²) in [5.41, 5.74) is -1.19. The van der Waals surface area contributed by atoms with Crippen LogP contribution in [0.5, 0.6) is 0 Å². The van der Waals surface area contributed by atoms with Crippen LogP contribution in [0.4, 0.5) is 0 Å². The smallest absolute Gasteiger partial charge is 0.266 e. The number of hydrogen-bond acceptors (Lipinski definition) is 5. The van der Waals surface area contributed by atoms with Gasteiger partial charge in [0.1, 0.15) is 10.6 Å². The third-order valence-corrected chi connectivity index (χ3v) is 4.89. The average Bonchev–Trinajstić information content (AvgIpc) is 2.89. The maximum atomic E-state index is 12.1. The summed E-state index contributed by atoms with van der Waals surface area (Å²) < 4.78 is 37.3. The van der Waals surface area contributed by atoms with Crippen molar-refractivity contribution in [2.24, 2.45) is 0 Å². The highest BCUT2D eigenvalue weighted by molar-refractivity contribution is 7.89. The zero-order chi connectivity index (χ0) is 14.8. The molecule has 1 unspecified atom stereocenters. The van der Waals surface area contributed by atoms with E-state index in [0.717, 1.165) is 12.3 Å². The van der Waals surface area contributed by atoms with E-state index in [9.17, 15) is 13.2 Å². The highest BCUT2D eigenvalue weighted by Gasteiger charge is 2.36. The van der Waals surface area contributed by atoms with Gasteiger partial charge in [0.25, 0.3) is 5.56 Å². The van der Waals surface area contributed by atoms with Crippen molar-refractivity contribution < 1.29 is 17.9 Å². The molecule has 0 amide bonds. The molecule has 0 radical (unpaired) electrons. The Labute approximate surface area is 121 Å². The van der Waals surface area contributed by atoms with Crippen LogP contribution >= 0.6 is 11.6 Å². The zero-order valence-electron chi connectivity index (χ0n) is 10.8. The maximum absolute atomic E-state index is 12.1. The zero-order valence-corrected chi connectivity index (χ0v) is 12.4. The molecule has 2 rings (SSSR count). The molecule has 0 spiro atoms. The van der Waals surface area contributed by atoms with Crippen LogP contribution in [0, 0.1) is 0 Å². The Balaban J connectivity index is 2.15. The second-order valence-corrected chi connectivity index (χ2v) is 6.70. The van der Waals surface area contributed by atoms with Crippen molar-refractivity contribution in [1.29, 1.82) is 0 Å². The predicted octanol–water partition coefficient (Wildman–Crippen LogP) is 0.112. The van der Waals surface area contributed by atoms with Gasteiger partial charge in [0, 0.05) is 32.9 Å². The maximum Gasteiger partial charge on any atom is 0.266 e. The van der Waals surface area contributed by atoms with E-state index in [-0.39, 0.29) is 16.5 Å². The first kappa shape index (κ1) is 15.5. The number of pyridine rings is 1. The highest BCUT2D eigenvalue weighted by Crippen LogP contribution is 2.22. The van der Waals surface area contributed by atoms with E-state index < -0.39 is 21.2 Å². The van der Waals surface area contributed by atoms with Crippen LogP contribution in [-0.2, 0) is 19.5 Å². The molecule has 1 fully saturated rings. The molecular formula is C11H15ClN2O5S. The lowest BCUT2D eigenvalue weighted by Gasteiger charge is -2.25. The van der Waals surface area contributed by atoms with Crippen LogP contribution in [0.2, 0.25) is 5.02 Å². The number of ether oxygens (including phenoxy) is 2. The number of aromatic amines is 1. The lowest BCUT2D eigenvalue weighted by Crippen LogP contribution is -2.45. The molecule has 1 saturated heterocycles. The second kappa shape index (κ2) is 5.82. The quantitative estimate of drug-likeness (QED) is 0.802. The van der Waals surface area contributed by atoms with Gasteiger partial charge in [-0.15, -0.1) is 0 Å². The van der Waals surface area contributed by atoms with Gasteiger partial charge in [-0.3, -0.25) is 4.79 Å². The number of rotatable bonds is 5. The first-order valence-corrected chi connectivity index (χ1v) is 7.75. The molecule has 0 bridgehead atoms. The van der Waals surface area contributed by atoms with Crippen LogP contribution in [-0.4, -0.2) is 45.9 Å². The topological polar surface area (TPSA) is 97.5 Å². The fourth-order valence-electron chi connectivity index (χ4n) is 1.86. The van der Waals surface area contributed by atoms with Crippen molar-refractivity contribution in [1.82, 2.24) is 9.71 Å². The summed E-state index contributed by atoms with van der Waals surface area (Å²) >= 11 is 5.62. The van der Waals surface area contributed by atoms with Gasteiger partial charge in [0.15, 0.2) is 0 Å². The molecule has 0 aliphatic carbocycles. The molecule has 1 atom stereocenters. The average molecular weight is 323 g/mol. The van der Waals surface area contributed by atoms with Crippen LogP contribution in [0.25, 0.3) is 0 Å². The number of aromatic nitrogens is 1. The summed E-state index contributed by atoms with van der Waals surface area (Å²) in [6.07, 6.45) is 1.71. The van der Waals surface area contributed by atoms with Gasteiger partial charge in [-0.2, -0.15) is 0 Å². The summed E-state index contributed by atoms with van der Waals surface area (Å²) in [6, 6.07) is 1.10. The van der Waals surface area contributed by atoms with E-state index in [1.54, 1.807) is 0 Å². The van der Waals surface area contributed by atoms with Crippen LogP contribution in [0.15, 0.2) is 22.0 Å². The third-order valence-electron chi connectivity index (χ3n) is 3.23. The normalized spacial score (nSPS) is 23.1. The van der Waals surface area contributed by atoms with E-state index in [1.807, 2.05) is 0 Å².